The van der Waals surface area contributed by atoms with Gasteiger partial charge in [-0.15, -0.1) is 0 Å². The highest BCUT2D eigenvalue weighted by Gasteiger charge is 2.24. The Kier molecular flexibility index (Phi) is 3.98. The number of aromatic nitrogens is 1. The molecule has 1 N–H and O–H groups in total. The minimum atomic E-state index is -0.264. The third kappa shape index (κ3) is 2.90. The molecule has 114 valence electrons. The summed E-state index contributed by atoms with van der Waals surface area (Å²) < 4.78 is 0. The van der Waals surface area contributed by atoms with E-state index in [2.05, 4.69) is 10.3 Å². The van der Waals surface area contributed by atoms with E-state index in [1.54, 1.807) is 18.0 Å². The van der Waals surface area contributed by atoms with Crippen LogP contribution in [-0.2, 0) is 4.79 Å². The second kappa shape index (κ2) is 5.93. The van der Waals surface area contributed by atoms with Crippen LogP contribution >= 0.6 is 11.6 Å². The molecule has 1 aromatic heterocycles. The first-order valence-electron chi connectivity index (χ1n) is 7.14. The normalized spacial score (nSPS) is 18.5. The number of hydrogen-bond acceptors (Lipinski definition) is 3. The van der Waals surface area contributed by atoms with E-state index in [0.717, 1.165) is 10.8 Å². The van der Waals surface area contributed by atoms with Gasteiger partial charge in [0.1, 0.15) is 10.8 Å². The smallest absolute Gasteiger partial charge is 0.270 e. The summed E-state index contributed by atoms with van der Waals surface area (Å²) in [5.74, 6) is -0.155. The molecule has 1 aromatic carbocycles. The van der Waals surface area contributed by atoms with Crippen molar-refractivity contribution in [1.29, 1.82) is 0 Å². The number of carbonyl (C=O) groups excluding carboxylic acids is 2. The number of fused-ring (bicyclic) bond motifs is 1. The van der Waals surface area contributed by atoms with Crippen LogP contribution in [0, 0.1) is 0 Å². The van der Waals surface area contributed by atoms with E-state index in [-0.39, 0.29) is 17.9 Å². The number of likely N-dealkylation sites (N-methyl/N-ethyl adjacent to an activating group) is 1. The van der Waals surface area contributed by atoms with E-state index < -0.39 is 0 Å². The predicted octanol–water partition coefficient (Wildman–Crippen LogP) is 2.24. The molecular formula is C16H16ClN3O2. The summed E-state index contributed by atoms with van der Waals surface area (Å²) in [4.78, 5) is 29.6. The minimum Gasteiger partial charge on any atom is -0.346 e. The lowest BCUT2D eigenvalue weighted by Gasteiger charge is -2.30. The van der Waals surface area contributed by atoms with Gasteiger partial charge in [0.15, 0.2) is 0 Å². The van der Waals surface area contributed by atoms with Crippen LogP contribution in [0.3, 0.4) is 0 Å². The molecule has 1 fully saturated rings. The van der Waals surface area contributed by atoms with Crippen molar-refractivity contribution in [1.82, 2.24) is 15.2 Å². The van der Waals surface area contributed by atoms with Crippen molar-refractivity contribution in [3.05, 3.63) is 41.2 Å². The fraction of sp³-hybridized carbons (Fsp3) is 0.312. The molecule has 5 nitrogen and oxygen atoms in total. The lowest BCUT2D eigenvalue weighted by Crippen LogP contribution is -2.48. The van der Waals surface area contributed by atoms with Crippen LogP contribution < -0.4 is 5.32 Å². The van der Waals surface area contributed by atoms with Gasteiger partial charge in [0.2, 0.25) is 5.91 Å². The zero-order valence-corrected chi connectivity index (χ0v) is 12.9. The average molecular weight is 318 g/mol. The molecule has 1 aliphatic heterocycles. The highest BCUT2D eigenvalue weighted by Crippen LogP contribution is 2.22. The molecule has 6 heteroatoms. The van der Waals surface area contributed by atoms with Gasteiger partial charge in [-0.1, -0.05) is 35.9 Å². The summed E-state index contributed by atoms with van der Waals surface area (Å²) in [7, 11) is 1.74. The monoisotopic (exact) mass is 317 g/mol. The molecule has 0 aliphatic carbocycles. The summed E-state index contributed by atoms with van der Waals surface area (Å²) in [6.45, 7) is 0.520. The number of amides is 2. The van der Waals surface area contributed by atoms with Crippen molar-refractivity contribution in [2.24, 2.45) is 0 Å². The van der Waals surface area contributed by atoms with Gasteiger partial charge < -0.3 is 10.2 Å². The molecule has 2 aromatic rings. The molecule has 3 rings (SSSR count). The number of nitrogens with one attached hydrogen (secondary N) is 1. The van der Waals surface area contributed by atoms with E-state index in [1.807, 2.05) is 24.3 Å². The largest absolute Gasteiger partial charge is 0.346 e. The molecule has 1 saturated heterocycles. The number of piperidine rings is 1. The summed E-state index contributed by atoms with van der Waals surface area (Å²) in [6.07, 6.45) is 1.10. The van der Waals surface area contributed by atoms with Gasteiger partial charge >= 0.3 is 0 Å². The fourth-order valence-corrected chi connectivity index (χ4v) is 2.93. The molecule has 1 aliphatic rings. The topological polar surface area (TPSA) is 62.3 Å². The zero-order valence-electron chi connectivity index (χ0n) is 12.2. The molecule has 1 atom stereocenters. The van der Waals surface area contributed by atoms with Crippen LogP contribution in [0.25, 0.3) is 10.8 Å². The first-order chi connectivity index (χ1) is 10.5. The highest BCUT2D eigenvalue weighted by atomic mass is 35.5. The SMILES string of the molecule is CN1C[C@H](NC(=O)c2cc3ccccc3c(Cl)n2)CCC1=O. The minimum absolute atomic E-state index is 0.0535. The van der Waals surface area contributed by atoms with Gasteiger partial charge in [-0.05, 0) is 17.9 Å². The highest BCUT2D eigenvalue weighted by molar-refractivity contribution is 6.34. The number of hydrogen-bond donors (Lipinski definition) is 1. The lowest BCUT2D eigenvalue weighted by molar-refractivity contribution is -0.132. The quantitative estimate of drug-likeness (QED) is 0.864. The molecule has 0 radical (unpaired) electrons. The summed E-state index contributed by atoms with van der Waals surface area (Å²) in [5.41, 5.74) is 0.295. The van der Waals surface area contributed by atoms with E-state index in [0.29, 0.717) is 30.2 Å². The van der Waals surface area contributed by atoms with Gasteiger partial charge in [0, 0.05) is 31.4 Å². The van der Waals surface area contributed by atoms with Crippen LogP contribution in [0.1, 0.15) is 23.3 Å². The van der Waals surface area contributed by atoms with Crippen molar-refractivity contribution < 1.29 is 9.59 Å². The van der Waals surface area contributed by atoms with Crippen LogP contribution in [-0.4, -0.2) is 41.3 Å². The maximum Gasteiger partial charge on any atom is 0.270 e. The second-order valence-corrected chi connectivity index (χ2v) is 5.86. The Hall–Kier alpha value is -2.14. The molecule has 22 heavy (non-hydrogen) atoms. The van der Waals surface area contributed by atoms with Crippen LogP contribution in [0.5, 0.6) is 0 Å². The Labute approximate surface area is 133 Å². The first-order valence-corrected chi connectivity index (χ1v) is 7.52. The molecule has 2 heterocycles. The Morgan fingerprint density at radius 3 is 2.95 bits per heavy atom. The third-order valence-corrected chi connectivity index (χ3v) is 4.18. The van der Waals surface area contributed by atoms with Gasteiger partial charge in [0.25, 0.3) is 5.91 Å². The molecule has 0 bridgehead atoms. The standard InChI is InChI=1S/C16H16ClN3O2/c1-20-9-11(6-7-14(20)21)18-16(22)13-8-10-4-2-3-5-12(10)15(17)19-13/h2-5,8,11H,6-7,9H2,1H3,(H,18,22)/t11-/m1/s1. The number of pyridine rings is 1. The maximum atomic E-state index is 12.4. The van der Waals surface area contributed by atoms with Crippen molar-refractivity contribution in [2.75, 3.05) is 13.6 Å². The van der Waals surface area contributed by atoms with Gasteiger partial charge in [-0.3, -0.25) is 9.59 Å². The molecule has 2 amide bonds. The number of nitrogens with zero attached hydrogens (tertiary/aromatic N) is 2. The summed E-state index contributed by atoms with van der Waals surface area (Å²) in [5, 5.41) is 4.94. The molecule has 0 unspecified atom stereocenters. The van der Waals surface area contributed by atoms with E-state index >= 15 is 0 Å². The summed E-state index contributed by atoms with van der Waals surface area (Å²) in [6, 6.07) is 9.21. The zero-order chi connectivity index (χ0) is 15.7. The third-order valence-electron chi connectivity index (χ3n) is 3.89. The number of halogens is 1. The predicted molar refractivity (Wildman–Crippen MR) is 84.9 cm³/mol. The lowest BCUT2D eigenvalue weighted by atomic mass is 10.1. The number of carbonyl (C=O) groups is 2. The average Bonchev–Trinajstić information content (AvgIpc) is 2.51. The van der Waals surface area contributed by atoms with Crippen LogP contribution in [0.4, 0.5) is 0 Å². The number of likely N-dealkylation sites (tertiary alicyclic amines) is 1. The van der Waals surface area contributed by atoms with Crippen LogP contribution in [0.15, 0.2) is 30.3 Å². The van der Waals surface area contributed by atoms with Crippen molar-refractivity contribution in [3.8, 4) is 0 Å². The van der Waals surface area contributed by atoms with Crippen molar-refractivity contribution >= 4 is 34.2 Å². The number of rotatable bonds is 2. The van der Waals surface area contributed by atoms with Gasteiger partial charge in [0.05, 0.1) is 0 Å². The Bertz CT molecular complexity index is 747. The molecular weight excluding hydrogens is 302 g/mol. The fourth-order valence-electron chi connectivity index (χ4n) is 2.66. The van der Waals surface area contributed by atoms with Crippen molar-refractivity contribution in [2.45, 2.75) is 18.9 Å². The number of benzene rings is 1. The molecule has 0 spiro atoms. The Morgan fingerprint density at radius 1 is 1.41 bits per heavy atom. The van der Waals surface area contributed by atoms with Crippen LogP contribution in [0.2, 0.25) is 5.15 Å². The second-order valence-electron chi connectivity index (χ2n) is 5.50. The van der Waals surface area contributed by atoms with Crippen molar-refractivity contribution in [3.63, 3.8) is 0 Å². The van der Waals surface area contributed by atoms with Gasteiger partial charge in [-0.2, -0.15) is 0 Å². The van der Waals surface area contributed by atoms with E-state index in [9.17, 15) is 9.59 Å². The van der Waals surface area contributed by atoms with E-state index in [1.165, 1.54) is 0 Å². The maximum absolute atomic E-state index is 12.4. The first kappa shape index (κ1) is 14.8. The Balaban J connectivity index is 1.79. The van der Waals surface area contributed by atoms with Gasteiger partial charge in [-0.25, -0.2) is 4.98 Å². The Morgan fingerprint density at radius 2 is 2.18 bits per heavy atom. The molecule has 0 saturated carbocycles. The summed E-state index contributed by atoms with van der Waals surface area (Å²) >= 11 is 6.15. The van der Waals surface area contributed by atoms with E-state index in [4.69, 9.17) is 11.6 Å².